The van der Waals surface area contributed by atoms with E-state index in [0.29, 0.717) is 48.9 Å². The van der Waals surface area contributed by atoms with E-state index in [0.717, 1.165) is 6.42 Å². The van der Waals surface area contributed by atoms with Crippen molar-refractivity contribution in [3.8, 4) is 5.75 Å². The maximum atomic E-state index is 12.4. The van der Waals surface area contributed by atoms with Crippen LogP contribution in [0, 0.1) is 0 Å². The Balaban J connectivity index is 1.91. The van der Waals surface area contributed by atoms with Crippen LogP contribution in [-0.2, 0) is 9.53 Å². The Morgan fingerprint density at radius 1 is 0.926 bits per heavy atom. The van der Waals surface area contributed by atoms with Gasteiger partial charge in [0.15, 0.2) is 0 Å². The van der Waals surface area contributed by atoms with E-state index in [1.165, 1.54) is 0 Å². The van der Waals surface area contributed by atoms with Gasteiger partial charge in [-0.25, -0.2) is 0 Å². The first-order chi connectivity index (χ1) is 13.1. The predicted molar refractivity (Wildman–Crippen MR) is 106 cm³/mol. The van der Waals surface area contributed by atoms with Crippen molar-refractivity contribution in [2.45, 2.75) is 26.7 Å². The Labute approximate surface area is 159 Å². The van der Waals surface area contributed by atoms with Gasteiger partial charge in [0.05, 0.1) is 6.61 Å². The van der Waals surface area contributed by atoms with Crippen LogP contribution in [0.2, 0.25) is 0 Å². The van der Waals surface area contributed by atoms with Crippen molar-refractivity contribution >= 4 is 23.2 Å². The minimum Gasteiger partial charge on any atom is -0.491 e. The van der Waals surface area contributed by atoms with E-state index in [2.05, 4.69) is 10.6 Å². The summed E-state index contributed by atoms with van der Waals surface area (Å²) in [6.45, 7) is 5.54. The van der Waals surface area contributed by atoms with Gasteiger partial charge in [-0.15, -0.1) is 0 Å². The quantitative estimate of drug-likeness (QED) is 0.618. The van der Waals surface area contributed by atoms with Gasteiger partial charge in [-0.2, -0.15) is 0 Å². The average Bonchev–Trinajstić information content (AvgIpc) is 2.66. The number of benzene rings is 2. The fourth-order valence-electron chi connectivity index (χ4n) is 2.39. The summed E-state index contributed by atoms with van der Waals surface area (Å²) in [7, 11) is 0. The van der Waals surface area contributed by atoms with E-state index >= 15 is 0 Å². The molecule has 2 N–H and O–H groups in total. The maximum Gasteiger partial charge on any atom is 0.255 e. The van der Waals surface area contributed by atoms with Crippen molar-refractivity contribution in [1.29, 1.82) is 0 Å². The van der Waals surface area contributed by atoms with Gasteiger partial charge in [-0.05, 0) is 55.8 Å². The zero-order valence-corrected chi connectivity index (χ0v) is 15.8. The highest BCUT2D eigenvalue weighted by molar-refractivity contribution is 6.04. The molecule has 27 heavy (non-hydrogen) atoms. The monoisotopic (exact) mass is 370 g/mol. The molecule has 6 heteroatoms. The molecule has 0 bridgehead atoms. The van der Waals surface area contributed by atoms with Crippen molar-refractivity contribution in [1.82, 2.24) is 0 Å². The number of amides is 2. The lowest BCUT2D eigenvalue weighted by Gasteiger charge is -2.10. The second-order valence-electron chi connectivity index (χ2n) is 5.90. The molecule has 2 rings (SSSR count). The predicted octanol–water partition coefficient (Wildman–Crippen LogP) is 4.09. The lowest BCUT2D eigenvalue weighted by Crippen LogP contribution is -2.13. The van der Waals surface area contributed by atoms with Gasteiger partial charge in [0.2, 0.25) is 5.91 Å². The van der Waals surface area contributed by atoms with Crippen molar-refractivity contribution in [3.05, 3.63) is 54.1 Å². The summed E-state index contributed by atoms with van der Waals surface area (Å²) >= 11 is 0. The number of carbonyl (C=O) groups is 2. The van der Waals surface area contributed by atoms with E-state index in [1.807, 2.05) is 13.8 Å². The summed E-state index contributed by atoms with van der Waals surface area (Å²) in [5, 5.41) is 5.65. The van der Waals surface area contributed by atoms with Gasteiger partial charge in [0.1, 0.15) is 12.4 Å². The average molecular weight is 370 g/mol. The molecular weight excluding hydrogens is 344 g/mol. The van der Waals surface area contributed by atoms with Crippen LogP contribution in [0.25, 0.3) is 0 Å². The zero-order valence-electron chi connectivity index (χ0n) is 15.8. The lowest BCUT2D eigenvalue weighted by molar-refractivity contribution is -0.116. The Hall–Kier alpha value is -2.86. The topological polar surface area (TPSA) is 76.7 Å². The van der Waals surface area contributed by atoms with E-state index in [4.69, 9.17) is 9.47 Å². The molecule has 0 aliphatic carbocycles. The van der Waals surface area contributed by atoms with Gasteiger partial charge in [0.25, 0.3) is 5.91 Å². The fourth-order valence-corrected chi connectivity index (χ4v) is 2.39. The first-order valence-electron chi connectivity index (χ1n) is 9.14. The molecule has 0 saturated carbocycles. The molecule has 0 spiro atoms. The molecule has 0 aliphatic heterocycles. The molecule has 0 radical (unpaired) electrons. The van der Waals surface area contributed by atoms with Crippen LogP contribution < -0.4 is 15.4 Å². The van der Waals surface area contributed by atoms with Crippen LogP contribution in [0.5, 0.6) is 5.75 Å². The second kappa shape index (κ2) is 11.0. The number of nitrogens with one attached hydrogen (secondary N) is 2. The van der Waals surface area contributed by atoms with E-state index in [9.17, 15) is 9.59 Å². The van der Waals surface area contributed by atoms with Crippen LogP contribution in [0.3, 0.4) is 0 Å². The number of carbonyl (C=O) groups excluding carboxylic acids is 2. The normalized spacial score (nSPS) is 10.3. The maximum absolute atomic E-state index is 12.4. The van der Waals surface area contributed by atoms with Crippen LogP contribution in [-0.4, -0.2) is 31.6 Å². The number of hydrogen-bond donors (Lipinski definition) is 2. The summed E-state index contributed by atoms with van der Waals surface area (Å²) in [6, 6.07) is 14.0. The van der Waals surface area contributed by atoms with E-state index in [-0.39, 0.29) is 11.8 Å². The van der Waals surface area contributed by atoms with Crippen LogP contribution in [0.1, 0.15) is 37.0 Å². The number of hydrogen-bond acceptors (Lipinski definition) is 4. The highest BCUT2D eigenvalue weighted by Crippen LogP contribution is 2.18. The third-order valence-corrected chi connectivity index (χ3v) is 3.70. The van der Waals surface area contributed by atoms with Crippen molar-refractivity contribution in [3.63, 3.8) is 0 Å². The van der Waals surface area contributed by atoms with Crippen LogP contribution in [0.15, 0.2) is 48.5 Å². The molecule has 2 aromatic carbocycles. The minimum atomic E-state index is -0.229. The summed E-state index contributed by atoms with van der Waals surface area (Å²) in [4.78, 5) is 24.1. The lowest BCUT2D eigenvalue weighted by atomic mass is 10.2. The number of rotatable bonds is 10. The first-order valence-corrected chi connectivity index (χ1v) is 9.14. The molecular formula is C21H26N2O4. The van der Waals surface area contributed by atoms with Crippen molar-refractivity contribution < 1.29 is 19.1 Å². The molecule has 0 unspecified atom stereocenters. The first kappa shape index (κ1) is 20.5. The third-order valence-electron chi connectivity index (χ3n) is 3.70. The van der Waals surface area contributed by atoms with Crippen molar-refractivity contribution in [2.24, 2.45) is 0 Å². The summed E-state index contributed by atoms with van der Waals surface area (Å²) < 4.78 is 10.8. The van der Waals surface area contributed by atoms with Gasteiger partial charge in [-0.1, -0.05) is 13.0 Å². The molecule has 0 aliphatic rings. The Morgan fingerprint density at radius 2 is 1.63 bits per heavy atom. The summed E-state index contributed by atoms with van der Waals surface area (Å²) in [5.41, 5.74) is 1.79. The molecule has 0 fully saturated rings. The molecule has 2 amide bonds. The van der Waals surface area contributed by atoms with Gasteiger partial charge in [0, 0.05) is 30.0 Å². The second-order valence-corrected chi connectivity index (χ2v) is 5.90. The molecule has 0 aromatic heterocycles. The molecule has 6 nitrogen and oxygen atoms in total. The fraction of sp³-hybridized carbons (Fsp3) is 0.333. The zero-order chi connectivity index (χ0) is 19.5. The summed E-state index contributed by atoms with van der Waals surface area (Å²) in [6.07, 6.45) is 1.25. The summed E-state index contributed by atoms with van der Waals surface area (Å²) in [5.74, 6) is 0.417. The van der Waals surface area contributed by atoms with Gasteiger partial charge in [-0.3, -0.25) is 9.59 Å². The van der Waals surface area contributed by atoms with E-state index in [1.54, 1.807) is 48.5 Å². The van der Waals surface area contributed by atoms with Crippen molar-refractivity contribution in [2.75, 3.05) is 30.5 Å². The van der Waals surface area contributed by atoms with E-state index < -0.39 is 0 Å². The van der Waals surface area contributed by atoms with Gasteiger partial charge >= 0.3 is 0 Å². The van der Waals surface area contributed by atoms with Gasteiger partial charge < -0.3 is 20.1 Å². The Morgan fingerprint density at radius 3 is 2.30 bits per heavy atom. The molecule has 0 saturated heterocycles. The molecule has 0 heterocycles. The highest BCUT2D eigenvalue weighted by Gasteiger charge is 2.08. The number of ether oxygens (including phenoxy) is 2. The largest absolute Gasteiger partial charge is 0.491 e. The van der Waals surface area contributed by atoms with Crippen LogP contribution in [0.4, 0.5) is 11.4 Å². The standard InChI is InChI=1S/C21H26N2O4/c1-3-6-20(24)22-17-7-5-8-18(15-17)23-21(25)16-9-11-19(12-10-16)27-14-13-26-4-2/h5,7-12,15H,3-4,6,13-14H2,1-2H3,(H,22,24)(H,23,25). The molecule has 2 aromatic rings. The number of anilines is 2. The van der Waals surface area contributed by atoms with Crippen LogP contribution >= 0.6 is 0 Å². The SMILES string of the molecule is CCCC(=O)Nc1cccc(NC(=O)c2ccc(OCCOCC)cc2)c1. The Kier molecular flexibility index (Phi) is 8.32. The smallest absolute Gasteiger partial charge is 0.255 e. The third kappa shape index (κ3) is 7.11. The minimum absolute atomic E-state index is 0.0408. The highest BCUT2D eigenvalue weighted by atomic mass is 16.5. The Bertz CT molecular complexity index is 744. The molecule has 0 atom stereocenters. The molecule has 144 valence electrons.